The van der Waals surface area contributed by atoms with E-state index in [9.17, 15) is 4.79 Å². The molecule has 19 heavy (non-hydrogen) atoms. The van der Waals surface area contributed by atoms with Crippen molar-refractivity contribution in [2.75, 3.05) is 26.8 Å². The molecule has 3 heteroatoms. The van der Waals surface area contributed by atoms with Crippen LogP contribution >= 0.6 is 0 Å². The molecular weight excluding hydrogens is 238 g/mol. The monoisotopic (exact) mass is 261 g/mol. The molecule has 1 aromatic rings. The van der Waals surface area contributed by atoms with Gasteiger partial charge in [0, 0.05) is 19.2 Å². The van der Waals surface area contributed by atoms with Gasteiger partial charge < -0.3 is 4.74 Å². The minimum Gasteiger partial charge on any atom is -0.384 e. The first-order chi connectivity index (χ1) is 9.11. The number of hydrogen-bond acceptors (Lipinski definition) is 3. The van der Waals surface area contributed by atoms with Gasteiger partial charge in [-0.15, -0.1) is 0 Å². The van der Waals surface area contributed by atoms with E-state index >= 15 is 0 Å². The van der Waals surface area contributed by atoms with Crippen LogP contribution < -0.4 is 0 Å². The molecule has 0 amide bonds. The number of aryl methyl sites for hydroxylation is 1. The smallest absolute Gasteiger partial charge is 0.179 e. The second-order valence-electron chi connectivity index (χ2n) is 5.51. The first-order valence-corrected chi connectivity index (χ1v) is 6.95. The predicted octanol–water partition coefficient (Wildman–Crippen LogP) is 2.53. The Bertz CT molecular complexity index is 427. The van der Waals surface area contributed by atoms with E-state index < -0.39 is 0 Å². The number of ketones is 1. The third kappa shape index (κ3) is 3.43. The van der Waals surface area contributed by atoms with Crippen molar-refractivity contribution < 1.29 is 9.53 Å². The van der Waals surface area contributed by atoms with Crippen LogP contribution in [0.5, 0.6) is 0 Å². The summed E-state index contributed by atoms with van der Waals surface area (Å²) in [5.74, 6) is 0.788. The summed E-state index contributed by atoms with van der Waals surface area (Å²) in [4.78, 5) is 14.7. The second-order valence-corrected chi connectivity index (χ2v) is 5.51. The molecule has 0 saturated carbocycles. The molecule has 2 rings (SSSR count). The minimum absolute atomic E-state index is 0.0374. The van der Waals surface area contributed by atoms with Crippen molar-refractivity contribution in [3.63, 3.8) is 0 Å². The lowest BCUT2D eigenvalue weighted by Gasteiger charge is -2.23. The van der Waals surface area contributed by atoms with E-state index in [1.54, 1.807) is 7.11 Å². The van der Waals surface area contributed by atoms with Gasteiger partial charge in [0.15, 0.2) is 5.78 Å². The number of methoxy groups -OCH3 is 1. The van der Waals surface area contributed by atoms with E-state index in [0.717, 1.165) is 31.7 Å². The molecule has 1 aliphatic heterocycles. The van der Waals surface area contributed by atoms with E-state index in [2.05, 4.69) is 4.90 Å². The molecule has 1 heterocycles. The average Bonchev–Trinajstić information content (AvgIpc) is 2.87. The van der Waals surface area contributed by atoms with Gasteiger partial charge in [-0.2, -0.15) is 0 Å². The lowest BCUT2D eigenvalue weighted by Crippen LogP contribution is -2.37. The molecule has 1 aromatic carbocycles. The number of rotatable bonds is 5. The zero-order valence-electron chi connectivity index (χ0n) is 12.1. The van der Waals surface area contributed by atoms with Crippen molar-refractivity contribution in [2.24, 2.45) is 5.92 Å². The number of likely N-dealkylation sites (tertiary alicyclic amines) is 1. The quantitative estimate of drug-likeness (QED) is 0.763. The Morgan fingerprint density at radius 1 is 1.42 bits per heavy atom. The number of carbonyl (C=O) groups is 1. The summed E-state index contributed by atoms with van der Waals surface area (Å²) in [5.41, 5.74) is 2.00. The molecule has 0 radical (unpaired) electrons. The Morgan fingerprint density at radius 3 is 2.74 bits per heavy atom. The topological polar surface area (TPSA) is 29.5 Å². The fraction of sp³-hybridized carbons (Fsp3) is 0.562. The van der Waals surface area contributed by atoms with Crippen LogP contribution in [-0.2, 0) is 4.74 Å². The van der Waals surface area contributed by atoms with E-state index in [1.165, 1.54) is 5.56 Å². The standard InChI is InChI=1S/C16H23NO2/c1-12-4-6-15(7-5-12)16(18)13(2)17-9-8-14(10-17)11-19-3/h4-7,13-14H,8-11H2,1-3H3. The largest absolute Gasteiger partial charge is 0.384 e. The third-order valence-electron chi connectivity index (χ3n) is 3.98. The van der Waals surface area contributed by atoms with Gasteiger partial charge in [0.2, 0.25) is 0 Å². The molecule has 0 bridgehead atoms. The number of Topliss-reactive ketones (excluding diaryl/α,β-unsaturated/α-hetero) is 1. The van der Waals surface area contributed by atoms with Crippen molar-refractivity contribution in [1.82, 2.24) is 4.90 Å². The van der Waals surface area contributed by atoms with Crippen LogP contribution in [0.3, 0.4) is 0 Å². The Balaban J connectivity index is 1.98. The summed E-state index contributed by atoms with van der Waals surface area (Å²) in [5, 5.41) is 0. The van der Waals surface area contributed by atoms with E-state index in [4.69, 9.17) is 4.74 Å². The van der Waals surface area contributed by atoms with Crippen molar-refractivity contribution in [2.45, 2.75) is 26.3 Å². The SMILES string of the molecule is COCC1CCN(C(C)C(=O)c2ccc(C)cc2)C1. The number of hydrogen-bond donors (Lipinski definition) is 0. The maximum Gasteiger partial charge on any atom is 0.179 e. The molecule has 0 aromatic heterocycles. The molecular formula is C16H23NO2. The Morgan fingerprint density at radius 2 is 2.11 bits per heavy atom. The third-order valence-corrected chi connectivity index (χ3v) is 3.98. The maximum absolute atomic E-state index is 12.4. The Hall–Kier alpha value is -1.19. The highest BCUT2D eigenvalue weighted by molar-refractivity contribution is 5.99. The lowest BCUT2D eigenvalue weighted by atomic mass is 10.0. The van der Waals surface area contributed by atoms with E-state index in [0.29, 0.717) is 5.92 Å². The number of benzene rings is 1. The van der Waals surface area contributed by atoms with Crippen molar-refractivity contribution >= 4 is 5.78 Å². The molecule has 2 unspecified atom stereocenters. The molecule has 3 nitrogen and oxygen atoms in total. The minimum atomic E-state index is -0.0374. The van der Waals surface area contributed by atoms with Gasteiger partial charge >= 0.3 is 0 Å². The van der Waals surface area contributed by atoms with Crippen LogP contribution in [0.4, 0.5) is 0 Å². The van der Waals surface area contributed by atoms with Gasteiger partial charge in [-0.1, -0.05) is 29.8 Å². The van der Waals surface area contributed by atoms with Crippen LogP contribution in [-0.4, -0.2) is 43.5 Å². The molecule has 1 aliphatic rings. The first kappa shape index (κ1) is 14.2. The molecule has 0 aliphatic carbocycles. The summed E-state index contributed by atoms with van der Waals surface area (Å²) in [7, 11) is 1.74. The van der Waals surface area contributed by atoms with Gasteiger partial charge in [0.25, 0.3) is 0 Å². The highest BCUT2D eigenvalue weighted by atomic mass is 16.5. The summed E-state index contributed by atoms with van der Waals surface area (Å²) < 4.78 is 5.20. The zero-order valence-corrected chi connectivity index (χ0v) is 12.1. The zero-order chi connectivity index (χ0) is 13.8. The molecule has 1 saturated heterocycles. The van der Waals surface area contributed by atoms with Crippen LogP contribution in [0.1, 0.15) is 29.3 Å². The molecule has 0 spiro atoms. The highest BCUT2D eigenvalue weighted by Crippen LogP contribution is 2.20. The normalized spacial score (nSPS) is 21.5. The summed E-state index contributed by atoms with van der Waals surface area (Å²) in [6.45, 7) is 6.80. The molecule has 2 atom stereocenters. The van der Waals surface area contributed by atoms with Crippen LogP contribution in [0.2, 0.25) is 0 Å². The fourth-order valence-corrected chi connectivity index (χ4v) is 2.71. The van der Waals surface area contributed by atoms with E-state index in [1.807, 2.05) is 38.1 Å². The van der Waals surface area contributed by atoms with Crippen LogP contribution in [0.25, 0.3) is 0 Å². The number of nitrogens with zero attached hydrogens (tertiary/aromatic N) is 1. The predicted molar refractivity (Wildman–Crippen MR) is 76.5 cm³/mol. The van der Waals surface area contributed by atoms with Gasteiger partial charge in [-0.25, -0.2) is 0 Å². The maximum atomic E-state index is 12.4. The van der Waals surface area contributed by atoms with Crippen molar-refractivity contribution in [1.29, 1.82) is 0 Å². The van der Waals surface area contributed by atoms with Crippen molar-refractivity contribution in [3.05, 3.63) is 35.4 Å². The Labute approximate surface area is 115 Å². The lowest BCUT2D eigenvalue weighted by molar-refractivity contribution is 0.0852. The molecule has 104 valence electrons. The summed E-state index contributed by atoms with van der Waals surface area (Å²) in [6.07, 6.45) is 1.12. The van der Waals surface area contributed by atoms with Gasteiger partial charge in [0.1, 0.15) is 0 Å². The van der Waals surface area contributed by atoms with Crippen LogP contribution in [0, 0.1) is 12.8 Å². The van der Waals surface area contributed by atoms with Crippen molar-refractivity contribution in [3.8, 4) is 0 Å². The number of ether oxygens (including phenoxy) is 1. The van der Waals surface area contributed by atoms with Crippen LogP contribution in [0.15, 0.2) is 24.3 Å². The van der Waals surface area contributed by atoms with E-state index in [-0.39, 0.29) is 11.8 Å². The summed E-state index contributed by atoms with van der Waals surface area (Å²) in [6, 6.07) is 7.81. The molecule has 0 N–H and O–H groups in total. The number of carbonyl (C=O) groups excluding carboxylic acids is 1. The second kappa shape index (κ2) is 6.31. The highest BCUT2D eigenvalue weighted by Gasteiger charge is 2.29. The first-order valence-electron chi connectivity index (χ1n) is 6.95. The molecule has 1 fully saturated rings. The van der Waals surface area contributed by atoms with Gasteiger partial charge in [-0.05, 0) is 32.7 Å². The summed E-state index contributed by atoms with van der Waals surface area (Å²) >= 11 is 0. The average molecular weight is 261 g/mol. The van der Waals surface area contributed by atoms with Gasteiger partial charge in [0.05, 0.1) is 12.6 Å². The van der Waals surface area contributed by atoms with Gasteiger partial charge in [-0.3, -0.25) is 9.69 Å². The Kier molecular flexibility index (Phi) is 4.72. The fourth-order valence-electron chi connectivity index (χ4n) is 2.71.